The van der Waals surface area contributed by atoms with E-state index < -0.39 is 6.04 Å². The van der Waals surface area contributed by atoms with Crippen LogP contribution in [-0.4, -0.2) is 35.2 Å². The largest absolute Gasteiger partial charge is 0.321 e. The Labute approximate surface area is 75.9 Å². The van der Waals surface area contributed by atoms with Crippen molar-refractivity contribution in [1.29, 1.82) is 0 Å². The number of Topliss-reactive ketones (excluding diaryl/α,β-unsaturated/α-hetero) is 1. The molecule has 0 radical (unpaired) electrons. The Morgan fingerprint density at radius 3 is 3.09 bits per heavy atom. The van der Waals surface area contributed by atoms with Gasteiger partial charge in [-0.1, -0.05) is 0 Å². The molecule has 1 fully saturated rings. The fraction of sp³-hybridized carbons (Fsp3) is 0.833. The summed E-state index contributed by atoms with van der Waals surface area (Å²) in [4.78, 5) is 11.3. The average molecular weight is 192 g/mol. The molecule has 5 heteroatoms. The summed E-state index contributed by atoms with van der Waals surface area (Å²) in [6, 6.07) is -0.415. The van der Waals surface area contributed by atoms with Crippen LogP contribution in [0, 0.1) is 0 Å². The number of nitrogens with two attached hydrogens (primary N) is 1. The van der Waals surface area contributed by atoms with Crippen molar-refractivity contribution in [3.05, 3.63) is 0 Å². The highest BCUT2D eigenvalue weighted by atomic mass is 32.2. The summed E-state index contributed by atoms with van der Waals surface area (Å²) in [5.74, 6) is 1.50. The lowest BCUT2D eigenvalue weighted by Crippen LogP contribution is -2.42. The van der Waals surface area contributed by atoms with Gasteiger partial charge in [-0.3, -0.25) is 10.1 Å². The molecular formula is C6H12N2OS2. The molecule has 0 bridgehead atoms. The standard InChI is InChI=1S/C6H12N2OS2/c7-4(3-10)5(9)6-8-1-2-11-6/h4,6,8,10H,1-3,7H2. The third-order valence-electron chi connectivity index (χ3n) is 1.54. The van der Waals surface area contributed by atoms with E-state index in [-0.39, 0.29) is 11.2 Å². The molecular weight excluding hydrogens is 180 g/mol. The smallest absolute Gasteiger partial charge is 0.177 e. The topological polar surface area (TPSA) is 55.1 Å². The summed E-state index contributed by atoms with van der Waals surface area (Å²) in [6.45, 7) is 0.903. The summed E-state index contributed by atoms with van der Waals surface area (Å²) in [6.07, 6.45) is 0. The van der Waals surface area contributed by atoms with E-state index in [1.165, 1.54) is 0 Å². The van der Waals surface area contributed by atoms with E-state index in [9.17, 15) is 4.79 Å². The van der Waals surface area contributed by atoms with Crippen LogP contribution in [0.4, 0.5) is 0 Å². The predicted molar refractivity (Wildman–Crippen MR) is 51.1 cm³/mol. The van der Waals surface area contributed by atoms with Gasteiger partial charge in [0.1, 0.15) is 5.37 Å². The number of hydrogen-bond acceptors (Lipinski definition) is 5. The van der Waals surface area contributed by atoms with E-state index in [4.69, 9.17) is 5.73 Å². The number of nitrogens with one attached hydrogen (secondary N) is 1. The molecule has 1 rings (SSSR count). The van der Waals surface area contributed by atoms with Crippen molar-refractivity contribution in [1.82, 2.24) is 5.32 Å². The monoisotopic (exact) mass is 192 g/mol. The molecule has 1 aliphatic rings. The second-order valence-corrected chi connectivity index (χ2v) is 3.97. The van der Waals surface area contributed by atoms with Gasteiger partial charge in [0.2, 0.25) is 0 Å². The van der Waals surface area contributed by atoms with Crippen molar-refractivity contribution in [2.45, 2.75) is 11.4 Å². The minimum Gasteiger partial charge on any atom is -0.321 e. The Kier molecular flexibility index (Phi) is 3.71. The van der Waals surface area contributed by atoms with Crippen molar-refractivity contribution < 1.29 is 4.79 Å². The van der Waals surface area contributed by atoms with Crippen molar-refractivity contribution in [3.8, 4) is 0 Å². The molecule has 0 aromatic carbocycles. The number of hydrogen-bond donors (Lipinski definition) is 3. The van der Waals surface area contributed by atoms with E-state index in [0.717, 1.165) is 12.3 Å². The SMILES string of the molecule is NC(CS)C(=O)C1NCCS1. The number of thiol groups is 1. The Hall–Kier alpha value is 0.290. The van der Waals surface area contributed by atoms with Crippen LogP contribution >= 0.6 is 24.4 Å². The van der Waals surface area contributed by atoms with Gasteiger partial charge in [-0.2, -0.15) is 12.6 Å². The minimum atomic E-state index is -0.415. The molecule has 2 unspecified atom stereocenters. The highest BCUT2D eigenvalue weighted by Gasteiger charge is 2.26. The van der Waals surface area contributed by atoms with Crippen LogP contribution in [0.1, 0.15) is 0 Å². The highest BCUT2D eigenvalue weighted by molar-refractivity contribution is 8.00. The molecule has 0 spiro atoms. The molecule has 0 aromatic heterocycles. The molecule has 1 heterocycles. The van der Waals surface area contributed by atoms with E-state index in [0.29, 0.717) is 5.75 Å². The molecule has 11 heavy (non-hydrogen) atoms. The average Bonchev–Trinajstić information content (AvgIpc) is 2.53. The van der Waals surface area contributed by atoms with Gasteiger partial charge < -0.3 is 5.73 Å². The third-order valence-corrected chi connectivity index (χ3v) is 3.10. The first-order valence-corrected chi connectivity index (χ1v) is 5.19. The number of carbonyl (C=O) groups excluding carboxylic acids is 1. The Bertz CT molecular complexity index is 148. The number of rotatable bonds is 3. The van der Waals surface area contributed by atoms with Crippen molar-refractivity contribution >= 4 is 30.2 Å². The maximum Gasteiger partial charge on any atom is 0.177 e. The van der Waals surface area contributed by atoms with Crippen LogP contribution in [0.25, 0.3) is 0 Å². The summed E-state index contributed by atoms with van der Waals surface area (Å²) in [7, 11) is 0. The summed E-state index contributed by atoms with van der Waals surface area (Å²) in [5.41, 5.74) is 5.52. The van der Waals surface area contributed by atoms with Crippen LogP contribution in [0.5, 0.6) is 0 Å². The Morgan fingerprint density at radius 2 is 2.64 bits per heavy atom. The first-order valence-electron chi connectivity index (χ1n) is 3.51. The molecule has 1 aliphatic heterocycles. The summed E-state index contributed by atoms with van der Waals surface area (Å²) >= 11 is 5.58. The van der Waals surface area contributed by atoms with Gasteiger partial charge in [-0.15, -0.1) is 11.8 Å². The maximum atomic E-state index is 11.3. The lowest BCUT2D eigenvalue weighted by Gasteiger charge is -2.12. The van der Waals surface area contributed by atoms with Gasteiger partial charge in [0.05, 0.1) is 6.04 Å². The molecule has 0 amide bonds. The lowest BCUT2D eigenvalue weighted by molar-refractivity contribution is -0.119. The molecule has 0 aliphatic carbocycles. The Balaban J connectivity index is 2.39. The van der Waals surface area contributed by atoms with E-state index in [1.807, 2.05) is 0 Å². The number of carbonyl (C=O) groups is 1. The normalized spacial score (nSPS) is 26.9. The fourth-order valence-electron chi connectivity index (χ4n) is 0.893. The summed E-state index contributed by atoms with van der Waals surface area (Å²) < 4.78 is 0. The number of thioether (sulfide) groups is 1. The van der Waals surface area contributed by atoms with E-state index >= 15 is 0 Å². The minimum absolute atomic E-state index is 0.0718. The van der Waals surface area contributed by atoms with Crippen molar-refractivity contribution in [3.63, 3.8) is 0 Å². The van der Waals surface area contributed by atoms with Gasteiger partial charge >= 0.3 is 0 Å². The van der Waals surface area contributed by atoms with Crippen LogP contribution in [-0.2, 0) is 4.79 Å². The second-order valence-electron chi connectivity index (χ2n) is 2.40. The van der Waals surface area contributed by atoms with E-state index in [1.54, 1.807) is 11.8 Å². The van der Waals surface area contributed by atoms with Gasteiger partial charge in [0.25, 0.3) is 0 Å². The first kappa shape index (κ1) is 9.38. The van der Waals surface area contributed by atoms with Gasteiger partial charge in [0, 0.05) is 18.1 Å². The first-order chi connectivity index (χ1) is 5.25. The van der Waals surface area contributed by atoms with Gasteiger partial charge in [-0.05, 0) is 0 Å². The molecule has 3 N–H and O–H groups in total. The van der Waals surface area contributed by atoms with Gasteiger partial charge in [-0.25, -0.2) is 0 Å². The van der Waals surface area contributed by atoms with Crippen molar-refractivity contribution in [2.24, 2.45) is 5.73 Å². The molecule has 1 saturated heterocycles. The summed E-state index contributed by atoms with van der Waals surface area (Å²) in [5, 5.41) is 2.99. The van der Waals surface area contributed by atoms with Crippen LogP contribution in [0.2, 0.25) is 0 Å². The Morgan fingerprint density at radius 1 is 1.91 bits per heavy atom. The molecule has 0 saturated carbocycles. The molecule has 3 nitrogen and oxygen atoms in total. The quantitative estimate of drug-likeness (QED) is 0.527. The van der Waals surface area contributed by atoms with Crippen molar-refractivity contribution in [2.75, 3.05) is 18.1 Å². The van der Waals surface area contributed by atoms with Crippen LogP contribution < -0.4 is 11.1 Å². The van der Waals surface area contributed by atoms with Crippen LogP contribution in [0.3, 0.4) is 0 Å². The maximum absolute atomic E-state index is 11.3. The second kappa shape index (κ2) is 4.35. The highest BCUT2D eigenvalue weighted by Crippen LogP contribution is 2.15. The molecule has 64 valence electrons. The number of ketones is 1. The lowest BCUT2D eigenvalue weighted by atomic mass is 10.2. The van der Waals surface area contributed by atoms with E-state index in [2.05, 4.69) is 17.9 Å². The zero-order valence-corrected chi connectivity index (χ0v) is 7.83. The molecule has 0 aromatic rings. The predicted octanol–water partition coefficient (Wildman–Crippen LogP) is -0.525. The van der Waals surface area contributed by atoms with Crippen LogP contribution in [0.15, 0.2) is 0 Å². The zero-order chi connectivity index (χ0) is 8.27. The third kappa shape index (κ3) is 2.37. The fourth-order valence-corrected chi connectivity index (χ4v) is 2.12. The zero-order valence-electron chi connectivity index (χ0n) is 6.12. The molecule has 2 atom stereocenters. The van der Waals surface area contributed by atoms with Gasteiger partial charge in [0.15, 0.2) is 5.78 Å².